The number of cyclic esters (lactones) is 1. The average molecular weight is 256 g/mol. The molecule has 2 rings (SSSR count). The average Bonchev–Trinajstić information content (AvgIpc) is 2.64. The van der Waals surface area contributed by atoms with Gasteiger partial charge in [-0.05, 0) is 24.6 Å². The van der Waals surface area contributed by atoms with Gasteiger partial charge in [0.05, 0.1) is 12.2 Å². The smallest absolute Gasteiger partial charge is 0.414 e. The van der Waals surface area contributed by atoms with Crippen LogP contribution in [-0.4, -0.2) is 25.3 Å². The zero-order valence-corrected chi connectivity index (χ0v) is 10.2. The Bertz CT molecular complexity index is 441. The Labute approximate surface area is 104 Å². The molecule has 0 radical (unpaired) electrons. The molecule has 1 aliphatic rings. The normalized spacial score (nSPS) is 19.6. The number of ether oxygens (including phenoxy) is 1. The third kappa shape index (κ3) is 2.53. The van der Waals surface area contributed by atoms with Gasteiger partial charge in [0, 0.05) is 6.54 Å². The monoisotopic (exact) mass is 256 g/mol. The van der Waals surface area contributed by atoms with Crippen molar-refractivity contribution in [2.75, 3.05) is 18.0 Å². The Morgan fingerprint density at radius 3 is 3.06 bits per heavy atom. The van der Waals surface area contributed by atoms with Gasteiger partial charge in [-0.1, -0.05) is 18.9 Å². The van der Waals surface area contributed by atoms with E-state index in [2.05, 4.69) is 17.5 Å². The number of hydrogen-bond donors (Lipinski definition) is 2. The second kappa shape index (κ2) is 4.93. The Balaban J connectivity index is 2.17. The van der Waals surface area contributed by atoms with Crippen molar-refractivity contribution in [3.8, 4) is 0 Å². The first-order chi connectivity index (χ1) is 8.11. The minimum atomic E-state index is -0.457. The van der Waals surface area contributed by atoms with E-state index in [9.17, 15) is 9.18 Å². The van der Waals surface area contributed by atoms with Gasteiger partial charge in [-0.15, -0.1) is 0 Å². The molecule has 0 aliphatic carbocycles. The van der Waals surface area contributed by atoms with Gasteiger partial charge in [0.2, 0.25) is 0 Å². The van der Waals surface area contributed by atoms with Crippen molar-refractivity contribution < 1.29 is 13.9 Å². The van der Waals surface area contributed by atoms with E-state index in [0.29, 0.717) is 24.3 Å². The molecule has 1 amide bonds. The van der Waals surface area contributed by atoms with E-state index in [4.69, 9.17) is 4.74 Å². The summed E-state index contributed by atoms with van der Waals surface area (Å²) in [4.78, 5) is 13.0. The molecule has 1 heterocycles. The maximum Gasteiger partial charge on any atom is 0.414 e. The second-order valence-electron chi connectivity index (χ2n) is 3.91. The molecule has 0 bridgehead atoms. The fraction of sp³-hybridized carbons (Fsp3) is 0.364. The summed E-state index contributed by atoms with van der Waals surface area (Å²) in [6, 6.07) is 4.69. The van der Waals surface area contributed by atoms with Gasteiger partial charge >= 0.3 is 6.09 Å². The molecule has 1 saturated heterocycles. The van der Waals surface area contributed by atoms with Gasteiger partial charge in [0.1, 0.15) is 11.9 Å². The molecule has 0 spiro atoms. The predicted octanol–water partition coefficient (Wildman–Crippen LogP) is 1.89. The van der Waals surface area contributed by atoms with Gasteiger partial charge < -0.3 is 4.74 Å². The summed E-state index contributed by atoms with van der Waals surface area (Å²) in [5.74, 6) is -0.328. The summed E-state index contributed by atoms with van der Waals surface area (Å²) in [6.07, 6.45) is -0.716. The molecule has 4 nitrogen and oxygen atoms in total. The summed E-state index contributed by atoms with van der Waals surface area (Å²) in [6.45, 7) is 2.53. The van der Waals surface area contributed by atoms with Crippen LogP contribution < -0.4 is 9.62 Å². The number of halogens is 1. The maximum absolute atomic E-state index is 13.4. The van der Waals surface area contributed by atoms with Crippen LogP contribution in [0.15, 0.2) is 18.2 Å². The Kier molecular flexibility index (Phi) is 3.54. The van der Waals surface area contributed by atoms with Gasteiger partial charge in [-0.25, -0.2) is 9.18 Å². The summed E-state index contributed by atoms with van der Waals surface area (Å²) >= 11 is 3.85. The number of amides is 1. The summed E-state index contributed by atoms with van der Waals surface area (Å²) < 4.78 is 21.1. The van der Waals surface area contributed by atoms with Gasteiger partial charge in [0.25, 0.3) is 0 Å². The number of anilines is 1. The second-order valence-corrected chi connectivity index (χ2v) is 4.23. The molecular formula is C11H13FN2O2S. The fourth-order valence-electron chi connectivity index (χ4n) is 1.69. The highest BCUT2D eigenvalue weighted by Crippen LogP contribution is 2.23. The summed E-state index contributed by atoms with van der Waals surface area (Å²) in [5, 5.41) is 0. The highest BCUT2D eigenvalue weighted by molar-refractivity contribution is 7.78. The van der Waals surface area contributed by atoms with Crippen LogP contribution in [0.1, 0.15) is 5.56 Å². The number of nitrogens with zero attached hydrogens (tertiary/aromatic N) is 1. The number of benzene rings is 1. The number of rotatable bonds is 3. The summed E-state index contributed by atoms with van der Waals surface area (Å²) in [7, 11) is 0. The SMILES string of the molecule is Cc1ccc(N2C[C@@H](CNS)OC2=O)cc1F. The molecule has 17 heavy (non-hydrogen) atoms. The van der Waals surface area contributed by atoms with E-state index >= 15 is 0 Å². The van der Waals surface area contributed by atoms with Crippen molar-refractivity contribution in [1.29, 1.82) is 0 Å². The van der Waals surface area contributed by atoms with Crippen LogP contribution in [0.5, 0.6) is 0 Å². The standard InChI is InChI=1S/C11H13FN2O2S/c1-7-2-3-8(4-10(7)12)14-6-9(5-13-17)16-11(14)15/h2-4,9,13,17H,5-6H2,1H3/t9-/m1/s1. The van der Waals surface area contributed by atoms with Gasteiger partial charge in [0.15, 0.2) is 0 Å². The lowest BCUT2D eigenvalue weighted by Crippen LogP contribution is -2.27. The quantitative estimate of drug-likeness (QED) is 0.812. The molecule has 1 aromatic carbocycles. The zero-order chi connectivity index (χ0) is 12.4. The van der Waals surface area contributed by atoms with E-state index in [1.807, 2.05) is 0 Å². The number of thiol groups is 1. The maximum atomic E-state index is 13.4. The largest absolute Gasteiger partial charge is 0.443 e. The third-order valence-corrected chi connectivity index (χ3v) is 2.84. The fourth-order valence-corrected chi connectivity index (χ4v) is 1.89. The van der Waals surface area contributed by atoms with Crippen molar-refractivity contribution in [3.63, 3.8) is 0 Å². The molecule has 1 aliphatic heterocycles. The van der Waals surface area contributed by atoms with Crippen LogP contribution in [-0.2, 0) is 4.74 Å². The molecule has 92 valence electrons. The molecule has 0 unspecified atom stereocenters. The van der Waals surface area contributed by atoms with Crippen LogP contribution in [0.4, 0.5) is 14.9 Å². The van der Waals surface area contributed by atoms with E-state index < -0.39 is 6.09 Å². The van der Waals surface area contributed by atoms with Crippen LogP contribution in [0, 0.1) is 12.7 Å². The summed E-state index contributed by atoms with van der Waals surface area (Å²) in [5.41, 5.74) is 1.06. The van der Waals surface area contributed by atoms with Crippen LogP contribution >= 0.6 is 12.8 Å². The van der Waals surface area contributed by atoms with Crippen molar-refractivity contribution in [1.82, 2.24) is 4.72 Å². The number of aryl methyl sites for hydroxylation is 1. The molecule has 0 aromatic heterocycles. The highest BCUT2D eigenvalue weighted by Gasteiger charge is 2.32. The number of nitrogens with one attached hydrogen (secondary N) is 1. The Morgan fingerprint density at radius 2 is 2.41 bits per heavy atom. The van der Waals surface area contributed by atoms with Crippen molar-refractivity contribution in [2.45, 2.75) is 13.0 Å². The number of carbonyl (C=O) groups is 1. The molecule has 1 fully saturated rings. The van der Waals surface area contributed by atoms with Crippen LogP contribution in [0.25, 0.3) is 0 Å². The lowest BCUT2D eigenvalue weighted by atomic mass is 10.2. The zero-order valence-electron chi connectivity index (χ0n) is 9.31. The van der Waals surface area contributed by atoms with E-state index in [0.717, 1.165) is 0 Å². The number of hydrogen-bond acceptors (Lipinski definition) is 4. The Hall–Kier alpha value is -1.27. The van der Waals surface area contributed by atoms with Gasteiger partial charge in [-0.3, -0.25) is 9.62 Å². The third-order valence-electron chi connectivity index (χ3n) is 2.66. The van der Waals surface area contributed by atoms with Crippen LogP contribution in [0.2, 0.25) is 0 Å². The highest BCUT2D eigenvalue weighted by atomic mass is 32.1. The molecule has 6 heteroatoms. The minimum absolute atomic E-state index is 0.260. The minimum Gasteiger partial charge on any atom is -0.443 e. The molecule has 1 N–H and O–H groups in total. The first kappa shape index (κ1) is 12.2. The molecule has 0 saturated carbocycles. The Morgan fingerprint density at radius 1 is 1.65 bits per heavy atom. The predicted molar refractivity (Wildman–Crippen MR) is 65.7 cm³/mol. The van der Waals surface area contributed by atoms with Gasteiger partial charge in [-0.2, -0.15) is 0 Å². The molecular weight excluding hydrogens is 243 g/mol. The molecule has 1 atom stereocenters. The first-order valence-corrected chi connectivity index (χ1v) is 5.68. The lowest BCUT2D eigenvalue weighted by molar-refractivity contribution is 0.143. The molecule has 1 aromatic rings. The van der Waals surface area contributed by atoms with E-state index in [1.54, 1.807) is 19.1 Å². The lowest BCUT2D eigenvalue weighted by Gasteiger charge is -2.13. The van der Waals surface area contributed by atoms with Crippen molar-refractivity contribution >= 4 is 24.6 Å². The van der Waals surface area contributed by atoms with Crippen LogP contribution in [0.3, 0.4) is 0 Å². The number of carbonyl (C=O) groups excluding carboxylic acids is 1. The van der Waals surface area contributed by atoms with Crippen molar-refractivity contribution in [2.24, 2.45) is 0 Å². The topological polar surface area (TPSA) is 41.6 Å². The van der Waals surface area contributed by atoms with Crippen molar-refractivity contribution in [3.05, 3.63) is 29.6 Å². The first-order valence-electron chi connectivity index (χ1n) is 5.23. The van der Waals surface area contributed by atoms with E-state index in [1.165, 1.54) is 11.0 Å². The van der Waals surface area contributed by atoms with E-state index in [-0.39, 0.29) is 11.9 Å².